The van der Waals surface area contributed by atoms with Crippen LogP contribution in [0.1, 0.15) is 18.4 Å². The fourth-order valence-electron chi connectivity index (χ4n) is 3.23. The van der Waals surface area contributed by atoms with E-state index in [4.69, 9.17) is 10.5 Å². The van der Waals surface area contributed by atoms with E-state index in [1.54, 1.807) is 0 Å². The summed E-state index contributed by atoms with van der Waals surface area (Å²) >= 11 is 0. The van der Waals surface area contributed by atoms with Crippen LogP contribution in [0.3, 0.4) is 0 Å². The summed E-state index contributed by atoms with van der Waals surface area (Å²) in [5.41, 5.74) is 6.72. The smallest absolute Gasteiger partial charge is 0.410 e. The van der Waals surface area contributed by atoms with Gasteiger partial charge in [-0.2, -0.15) is 0 Å². The quantitative estimate of drug-likeness (QED) is 0.916. The molecule has 4 nitrogen and oxygen atoms in total. The fourth-order valence-corrected chi connectivity index (χ4v) is 3.23. The zero-order valence-corrected chi connectivity index (χ0v) is 11.7. The summed E-state index contributed by atoms with van der Waals surface area (Å²) in [6.45, 7) is 2.82. The highest BCUT2D eigenvalue weighted by molar-refractivity contribution is 5.68. The Balaban J connectivity index is 1.45. The zero-order valence-electron chi connectivity index (χ0n) is 11.7. The van der Waals surface area contributed by atoms with E-state index in [0.29, 0.717) is 18.4 Å². The molecule has 2 aliphatic rings. The van der Waals surface area contributed by atoms with Gasteiger partial charge in [0, 0.05) is 13.1 Å². The first-order valence-electron chi connectivity index (χ1n) is 7.43. The molecule has 1 heterocycles. The van der Waals surface area contributed by atoms with Gasteiger partial charge in [0.25, 0.3) is 0 Å². The van der Waals surface area contributed by atoms with Gasteiger partial charge in [-0.1, -0.05) is 30.3 Å². The largest absolute Gasteiger partial charge is 0.445 e. The van der Waals surface area contributed by atoms with E-state index in [2.05, 4.69) is 0 Å². The molecule has 0 spiro atoms. The topological polar surface area (TPSA) is 55.6 Å². The maximum absolute atomic E-state index is 12.0. The van der Waals surface area contributed by atoms with E-state index in [-0.39, 0.29) is 6.09 Å². The van der Waals surface area contributed by atoms with Crippen LogP contribution in [0, 0.1) is 17.8 Å². The van der Waals surface area contributed by atoms with Gasteiger partial charge in [-0.3, -0.25) is 0 Å². The molecule has 0 bridgehead atoms. The Morgan fingerprint density at radius 3 is 2.85 bits per heavy atom. The molecule has 108 valence electrons. The van der Waals surface area contributed by atoms with Gasteiger partial charge >= 0.3 is 6.09 Å². The Kier molecular flexibility index (Phi) is 3.92. The van der Waals surface area contributed by atoms with Gasteiger partial charge in [0.1, 0.15) is 6.61 Å². The molecule has 1 amide bonds. The summed E-state index contributed by atoms with van der Waals surface area (Å²) in [4.78, 5) is 13.9. The lowest BCUT2D eigenvalue weighted by Gasteiger charge is -2.16. The minimum absolute atomic E-state index is 0.179. The van der Waals surface area contributed by atoms with Crippen molar-refractivity contribution in [3.8, 4) is 0 Å². The van der Waals surface area contributed by atoms with Crippen molar-refractivity contribution in [1.82, 2.24) is 4.90 Å². The lowest BCUT2D eigenvalue weighted by molar-refractivity contribution is 0.103. The molecular formula is C16H22N2O2. The predicted octanol–water partition coefficient (Wildman–Crippen LogP) is 2.24. The van der Waals surface area contributed by atoms with Crippen LogP contribution in [0.5, 0.6) is 0 Å². The number of carbonyl (C=O) groups excluding carboxylic acids is 1. The van der Waals surface area contributed by atoms with Crippen LogP contribution < -0.4 is 5.73 Å². The highest BCUT2D eigenvalue weighted by Gasteiger charge is 2.44. The van der Waals surface area contributed by atoms with Crippen LogP contribution in [0.25, 0.3) is 0 Å². The normalized spacial score (nSPS) is 28.4. The molecule has 1 aromatic carbocycles. The molecular weight excluding hydrogens is 252 g/mol. The second-order valence-corrected chi connectivity index (χ2v) is 5.93. The monoisotopic (exact) mass is 274 g/mol. The first kappa shape index (κ1) is 13.4. The van der Waals surface area contributed by atoms with Crippen LogP contribution >= 0.6 is 0 Å². The van der Waals surface area contributed by atoms with E-state index in [1.807, 2.05) is 35.2 Å². The molecule has 1 aliphatic heterocycles. The van der Waals surface area contributed by atoms with E-state index >= 15 is 0 Å². The van der Waals surface area contributed by atoms with Gasteiger partial charge in [-0.25, -0.2) is 4.79 Å². The van der Waals surface area contributed by atoms with Crippen molar-refractivity contribution < 1.29 is 9.53 Å². The Morgan fingerprint density at radius 1 is 1.35 bits per heavy atom. The van der Waals surface area contributed by atoms with E-state index in [9.17, 15) is 4.79 Å². The number of hydrogen-bond donors (Lipinski definition) is 1. The molecule has 3 rings (SSSR count). The number of ether oxygens (including phenoxy) is 1. The van der Waals surface area contributed by atoms with Crippen molar-refractivity contribution in [3.63, 3.8) is 0 Å². The molecule has 1 saturated heterocycles. The van der Waals surface area contributed by atoms with Gasteiger partial charge < -0.3 is 15.4 Å². The molecule has 20 heavy (non-hydrogen) atoms. The van der Waals surface area contributed by atoms with Crippen LogP contribution in [0.4, 0.5) is 4.79 Å². The van der Waals surface area contributed by atoms with Crippen molar-refractivity contribution in [2.75, 3.05) is 19.6 Å². The van der Waals surface area contributed by atoms with Gasteiger partial charge in [0.2, 0.25) is 0 Å². The van der Waals surface area contributed by atoms with Gasteiger partial charge in [-0.05, 0) is 42.7 Å². The van der Waals surface area contributed by atoms with E-state index in [1.165, 1.54) is 6.42 Å². The Morgan fingerprint density at radius 2 is 2.15 bits per heavy atom. The van der Waals surface area contributed by atoms with Crippen molar-refractivity contribution in [1.29, 1.82) is 0 Å². The average Bonchev–Trinajstić information content (AvgIpc) is 3.13. The molecule has 0 aromatic heterocycles. The predicted molar refractivity (Wildman–Crippen MR) is 77.0 cm³/mol. The maximum Gasteiger partial charge on any atom is 0.410 e. The minimum Gasteiger partial charge on any atom is -0.445 e. The highest BCUT2D eigenvalue weighted by atomic mass is 16.6. The third kappa shape index (κ3) is 2.96. The zero-order chi connectivity index (χ0) is 13.9. The lowest BCUT2D eigenvalue weighted by Crippen LogP contribution is -2.29. The fraction of sp³-hybridized carbons (Fsp3) is 0.562. The van der Waals surface area contributed by atoms with Gasteiger partial charge in [0.05, 0.1) is 0 Å². The number of hydrogen-bond acceptors (Lipinski definition) is 3. The van der Waals surface area contributed by atoms with Crippen LogP contribution in [-0.4, -0.2) is 30.6 Å². The Bertz CT molecular complexity index is 463. The molecule has 3 atom stereocenters. The summed E-state index contributed by atoms with van der Waals surface area (Å²) in [7, 11) is 0. The molecule has 3 unspecified atom stereocenters. The molecule has 1 aliphatic carbocycles. The third-order valence-electron chi connectivity index (χ3n) is 4.57. The molecule has 2 N–H and O–H groups in total. The van der Waals surface area contributed by atoms with Crippen molar-refractivity contribution in [3.05, 3.63) is 35.9 Å². The van der Waals surface area contributed by atoms with E-state index < -0.39 is 0 Å². The number of likely N-dealkylation sites (tertiary alicyclic amines) is 1. The number of nitrogens with zero attached hydrogens (tertiary/aromatic N) is 1. The standard InChI is InChI=1S/C16H22N2O2/c17-9-14-8-15(14)13-6-7-18(10-13)16(19)20-11-12-4-2-1-3-5-12/h1-5,13-15H,6-11,17H2. The number of amides is 1. The number of carbonyl (C=O) groups is 1. The minimum atomic E-state index is -0.179. The van der Waals surface area contributed by atoms with Crippen LogP contribution in [-0.2, 0) is 11.3 Å². The summed E-state index contributed by atoms with van der Waals surface area (Å²) in [5, 5.41) is 0. The highest BCUT2D eigenvalue weighted by Crippen LogP contribution is 2.46. The second-order valence-electron chi connectivity index (χ2n) is 5.93. The van der Waals surface area contributed by atoms with Crippen LogP contribution in [0.15, 0.2) is 30.3 Å². The summed E-state index contributed by atoms with van der Waals surface area (Å²) in [6, 6.07) is 9.80. The summed E-state index contributed by atoms with van der Waals surface area (Å²) in [6.07, 6.45) is 2.16. The first-order valence-corrected chi connectivity index (χ1v) is 7.43. The van der Waals surface area contributed by atoms with Crippen molar-refractivity contribution in [2.45, 2.75) is 19.4 Å². The molecule has 0 radical (unpaired) electrons. The lowest BCUT2D eigenvalue weighted by atomic mass is 10.0. The molecule has 4 heteroatoms. The summed E-state index contributed by atoms with van der Waals surface area (Å²) < 4.78 is 5.38. The first-order chi connectivity index (χ1) is 9.78. The number of rotatable bonds is 4. The van der Waals surface area contributed by atoms with E-state index in [0.717, 1.165) is 37.5 Å². The van der Waals surface area contributed by atoms with Crippen molar-refractivity contribution in [2.24, 2.45) is 23.5 Å². The molecule has 1 aromatic rings. The van der Waals surface area contributed by atoms with Crippen LogP contribution in [0.2, 0.25) is 0 Å². The Labute approximate surface area is 119 Å². The maximum atomic E-state index is 12.0. The Hall–Kier alpha value is -1.55. The molecule has 2 fully saturated rings. The summed E-state index contributed by atoms with van der Waals surface area (Å²) in [5.74, 6) is 2.07. The van der Waals surface area contributed by atoms with Crippen molar-refractivity contribution >= 4 is 6.09 Å². The average molecular weight is 274 g/mol. The van der Waals surface area contributed by atoms with Gasteiger partial charge in [-0.15, -0.1) is 0 Å². The second kappa shape index (κ2) is 5.83. The number of nitrogens with two attached hydrogens (primary N) is 1. The number of benzene rings is 1. The SMILES string of the molecule is NCC1CC1C1CCN(C(=O)OCc2ccccc2)C1. The van der Waals surface area contributed by atoms with Gasteiger partial charge in [0.15, 0.2) is 0 Å². The molecule has 1 saturated carbocycles. The third-order valence-corrected chi connectivity index (χ3v) is 4.57.